The van der Waals surface area contributed by atoms with Gasteiger partial charge in [-0.15, -0.1) is 0 Å². The fourth-order valence-corrected chi connectivity index (χ4v) is 5.27. The van der Waals surface area contributed by atoms with E-state index in [9.17, 15) is 5.26 Å². The molecule has 0 aromatic heterocycles. The van der Waals surface area contributed by atoms with Crippen molar-refractivity contribution in [1.29, 1.82) is 5.26 Å². The van der Waals surface area contributed by atoms with Crippen LogP contribution in [0.15, 0.2) is 0 Å². The number of hydrogen-bond donors (Lipinski definition) is 1. The van der Waals surface area contributed by atoms with Gasteiger partial charge < -0.3 is 0 Å². The van der Waals surface area contributed by atoms with Crippen LogP contribution in [0.2, 0.25) is 0 Å². The van der Waals surface area contributed by atoms with Gasteiger partial charge in [0.05, 0.1) is 12.1 Å². The van der Waals surface area contributed by atoms with Crippen LogP contribution in [-0.2, 0) is 0 Å². The summed E-state index contributed by atoms with van der Waals surface area (Å²) >= 11 is 0. The third-order valence-corrected chi connectivity index (χ3v) is 5.38. The molecule has 4 aliphatic rings. The van der Waals surface area contributed by atoms with E-state index in [4.69, 9.17) is 0 Å². The van der Waals surface area contributed by atoms with E-state index in [2.05, 4.69) is 25.2 Å². The smallest absolute Gasteiger partial charge is 0.0959 e. The van der Waals surface area contributed by atoms with Crippen molar-refractivity contribution in [3.63, 3.8) is 0 Å². The molecule has 2 heteroatoms. The molecule has 0 radical (unpaired) electrons. The first kappa shape index (κ1) is 12.5. The molecule has 100 valence electrons. The third-order valence-electron chi connectivity index (χ3n) is 5.38. The van der Waals surface area contributed by atoms with Crippen molar-refractivity contribution in [3.05, 3.63) is 0 Å². The highest BCUT2D eigenvalue weighted by Gasteiger charge is 2.51. The number of rotatable bonds is 4. The second-order valence-corrected chi connectivity index (χ2v) is 7.65. The molecule has 2 nitrogen and oxygen atoms in total. The molecule has 4 saturated carbocycles. The van der Waals surface area contributed by atoms with Crippen molar-refractivity contribution in [1.82, 2.24) is 5.32 Å². The van der Waals surface area contributed by atoms with Crippen LogP contribution < -0.4 is 5.32 Å². The Morgan fingerprint density at radius 3 is 2.00 bits per heavy atom. The fraction of sp³-hybridized carbons (Fsp3) is 0.938. The van der Waals surface area contributed by atoms with Crippen molar-refractivity contribution >= 4 is 0 Å². The lowest BCUT2D eigenvalue weighted by Gasteiger charge is -2.57. The lowest BCUT2D eigenvalue weighted by atomic mass is 9.53. The quantitative estimate of drug-likeness (QED) is 0.824. The van der Waals surface area contributed by atoms with E-state index in [1.165, 1.54) is 38.5 Å². The molecule has 0 saturated heterocycles. The highest BCUT2D eigenvalue weighted by Crippen LogP contribution is 2.55. The van der Waals surface area contributed by atoms with Crippen molar-refractivity contribution in [2.45, 2.75) is 70.4 Å². The highest BCUT2D eigenvalue weighted by atomic mass is 15.0. The van der Waals surface area contributed by atoms with E-state index < -0.39 is 0 Å². The molecule has 0 spiro atoms. The number of nitrogens with one attached hydrogen (secondary N) is 1. The third kappa shape index (κ3) is 2.30. The molecule has 1 N–H and O–H groups in total. The highest BCUT2D eigenvalue weighted by molar-refractivity contribution is 5.09. The lowest BCUT2D eigenvalue weighted by molar-refractivity contribution is -0.0233. The van der Waals surface area contributed by atoms with Gasteiger partial charge in [0.2, 0.25) is 0 Å². The summed E-state index contributed by atoms with van der Waals surface area (Å²) in [6.45, 7) is 4.43. The molecule has 0 heterocycles. The Hall–Kier alpha value is -0.550. The first-order valence-corrected chi connectivity index (χ1v) is 7.76. The Labute approximate surface area is 111 Å². The zero-order chi connectivity index (χ0) is 12.8. The summed E-state index contributed by atoms with van der Waals surface area (Å²) in [6.07, 6.45) is 9.45. The minimum Gasteiger partial charge on any atom is -0.296 e. The molecule has 4 aliphatic carbocycles. The van der Waals surface area contributed by atoms with Gasteiger partial charge in [-0.1, -0.05) is 13.8 Å². The van der Waals surface area contributed by atoms with Gasteiger partial charge in [0.1, 0.15) is 0 Å². The molecule has 4 fully saturated rings. The minimum absolute atomic E-state index is 0.0706. The van der Waals surface area contributed by atoms with Gasteiger partial charge >= 0.3 is 0 Å². The predicted molar refractivity (Wildman–Crippen MR) is 72.9 cm³/mol. The van der Waals surface area contributed by atoms with Crippen molar-refractivity contribution in [2.75, 3.05) is 0 Å². The molecular formula is C16H26N2. The zero-order valence-electron chi connectivity index (χ0n) is 11.8. The van der Waals surface area contributed by atoms with Gasteiger partial charge in [-0.05, 0) is 68.6 Å². The molecule has 0 amide bonds. The summed E-state index contributed by atoms with van der Waals surface area (Å²) in [6, 6.07) is 2.57. The van der Waals surface area contributed by atoms with Crippen LogP contribution in [0.4, 0.5) is 0 Å². The Bertz CT molecular complexity index is 317. The van der Waals surface area contributed by atoms with E-state index in [0.29, 0.717) is 11.5 Å². The van der Waals surface area contributed by atoms with Gasteiger partial charge in [-0.3, -0.25) is 5.32 Å². The van der Waals surface area contributed by atoms with E-state index in [1.807, 2.05) is 0 Å². The summed E-state index contributed by atoms with van der Waals surface area (Å²) in [5, 5.41) is 13.1. The molecule has 0 aliphatic heterocycles. The van der Waals surface area contributed by atoms with Crippen molar-refractivity contribution in [3.8, 4) is 6.07 Å². The van der Waals surface area contributed by atoms with Crippen molar-refractivity contribution in [2.24, 2.45) is 23.7 Å². The topological polar surface area (TPSA) is 35.8 Å². The predicted octanol–water partition coefficient (Wildman–Crippen LogP) is 3.48. The average molecular weight is 246 g/mol. The molecule has 1 unspecified atom stereocenters. The van der Waals surface area contributed by atoms with Crippen LogP contribution in [0.1, 0.15) is 58.8 Å². The van der Waals surface area contributed by atoms with Crippen LogP contribution in [0.25, 0.3) is 0 Å². The summed E-state index contributed by atoms with van der Waals surface area (Å²) in [4.78, 5) is 0. The van der Waals surface area contributed by atoms with Gasteiger partial charge in [-0.25, -0.2) is 0 Å². The second kappa shape index (κ2) is 4.53. The number of nitrogens with zero attached hydrogens (tertiary/aromatic N) is 1. The zero-order valence-corrected chi connectivity index (χ0v) is 11.8. The maximum atomic E-state index is 9.36. The molecule has 1 atom stereocenters. The number of nitriles is 1. The first-order valence-electron chi connectivity index (χ1n) is 7.76. The molecule has 0 aromatic carbocycles. The fourth-order valence-electron chi connectivity index (χ4n) is 5.27. The Morgan fingerprint density at radius 2 is 1.61 bits per heavy atom. The van der Waals surface area contributed by atoms with E-state index >= 15 is 0 Å². The van der Waals surface area contributed by atoms with Crippen LogP contribution >= 0.6 is 0 Å². The maximum Gasteiger partial charge on any atom is 0.0959 e. The SMILES string of the molecule is CC(C)CC(C#N)NC12CC3CC(CC(C3)C1)C2. The van der Waals surface area contributed by atoms with E-state index in [0.717, 1.165) is 24.2 Å². The maximum absolute atomic E-state index is 9.36. The largest absolute Gasteiger partial charge is 0.296 e. The van der Waals surface area contributed by atoms with Crippen molar-refractivity contribution < 1.29 is 0 Å². The first-order chi connectivity index (χ1) is 8.58. The van der Waals surface area contributed by atoms with Crippen LogP contribution in [0.5, 0.6) is 0 Å². The van der Waals surface area contributed by atoms with E-state index in [-0.39, 0.29) is 6.04 Å². The lowest BCUT2D eigenvalue weighted by Crippen LogP contribution is -2.60. The molecule has 0 aromatic rings. The Balaban J connectivity index is 1.70. The van der Waals surface area contributed by atoms with Gasteiger partial charge in [0.15, 0.2) is 0 Å². The normalized spacial score (nSPS) is 43.1. The van der Waals surface area contributed by atoms with Gasteiger partial charge in [0, 0.05) is 5.54 Å². The summed E-state index contributed by atoms with van der Waals surface area (Å²) < 4.78 is 0. The molecule has 18 heavy (non-hydrogen) atoms. The standard InChI is InChI=1S/C16H26N2/c1-11(2)3-15(10-17)18-16-7-12-4-13(8-16)6-14(5-12)9-16/h11-15,18H,3-9H2,1-2H3. The Morgan fingerprint density at radius 1 is 1.11 bits per heavy atom. The average Bonchev–Trinajstić information content (AvgIpc) is 2.25. The number of hydrogen-bond acceptors (Lipinski definition) is 2. The van der Waals surface area contributed by atoms with Crippen LogP contribution in [-0.4, -0.2) is 11.6 Å². The minimum atomic E-state index is 0.0706. The van der Waals surface area contributed by atoms with Crippen LogP contribution in [0, 0.1) is 35.0 Å². The Kier molecular flexibility index (Phi) is 3.14. The monoisotopic (exact) mass is 246 g/mol. The molecule has 4 rings (SSSR count). The summed E-state index contributed by atoms with van der Waals surface area (Å²) in [7, 11) is 0. The van der Waals surface area contributed by atoms with Gasteiger partial charge in [0.25, 0.3) is 0 Å². The summed E-state index contributed by atoms with van der Waals surface area (Å²) in [5.41, 5.74) is 0.337. The molecular weight excluding hydrogens is 220 g/mol. The summed E-state index contributed by atoms with van der Waals surface area (Å²) in [5.74, 6) is 3.49. The molecule has 4 bridgehead atoms. The second-order valence-electron chi connectivity index (χ2n) is 7.65. The van der Waals surface area contributed by atoms with E-state index in [1.54, 1.807) is 0 Å². The van der Waals surface area contributed by atoms with Gasteiger partial charge in [-0.2, -0.15) is 5.26 Å². The van der Waals surface area contributed by atoms with Crippen LogP contribution in [0.3, 0.4) is 0 Å².